The van der Waals surface area contributed by atoms with E-state index in [1.54, 1.807) is 6.26 Å². The average molecular weight is 331 g/mol. The number of hydrogen-bond donors (Lipinski definition) is 2. The second kappa shape index (κ2) is 7.66. The Kier molecular flexibility index (Phi) is 5.35. The van der Waals surface area contributed by atoms with Gasteiger partial charge in [-0.25, -0.2) is 4.98 Å². The number of aromatic nitrogens is 1. The molecule has 1 aromatic carbocycles. The lowest BCUT2D eigenvalue weighted by molar-refractivity contribution is -0.119. The third kappa shape index (κ3) is 4.59. The standard InChI is InChI=1S/C17H21N3O2S/c18-8-15(12-6-7-12)20-16(21)11-23-10-14-9-22-17(19-14)13-4-2-1-3-5-13/h1-5,9,12,15H,6-8,10-11,18H2,(H,20,21). The maximum atomic E-state index is 11.9. The van der Waals surface area contributed by atoms with E-state index < -0.39 is 0 Å². The van der Waals surface area contributed by atoms with Gasteiger partial charge in [-0.1, -0.05) is 18.2 Å². The Hall–Kier alpha value is -1.79. The molecule has 0 spiro atoms. The van der Waals surface area contributed by atoms with E-state index in [1.165, 1.54) is 24.6 Å². The van der Waals surface area contributed by atoms with Crippen molar-refractivity contribution in [3.63, 3.8) is 0 Å². The van der Waals surface area contributed by atoms with Crippen LogP contribution < -0.4 is 11.1 Å². The fourth-order valence-electron chi connectivity index (χ4n) is 2.45. The number of hydrogen-bond acceptors (Lipinski definition) is 5. The van der Waals surface area contributed by atoms with Crippen molar-refractivity contribution in [3.8, 4) is 11.5 Å². The second-order valence-electron chi connectivity index (χ2n) is 5.75. The molecule has 3 N–H and O–H groups in total. The van der Waals surface area contributed by atoms with Crippen LogP contribution in [0.1, 0.15) is 18.5 Å². The molecule has 1 atom stereocenters. The predicted octanol–water partition coefficient (Wildman–Crippen LogP) is 2.43. The number of oxazole rings is 1. The zero-order chi connectivity index (χ0) is 16.1. The van der Waals surface area contributed by atoms with Crippen LogP contribution in [0.25, 0.3) is 11.5 Å². The van der Waals surface area contributed by atoms with Crippen LogP contribution in [0.4, 0.5) is 0 Å². The number of nitrogens with one attached hydrogen (secondary N) is 1. The van der Waals surface area contributed by atoms with Crippen LogP contribution in [0, 0.1) is 5.92 Å². The highest BCUT2D eigenvalue weighted by molar-refractivity contribution is 7.99. The predicted molar refractivity (Wildman–Crippen MR) is 91.8 cm³/mol. The monoisotopic (exact) mass is 331 g/mol. The lowest BCUT2D eigenvalue weighted by atomic mass is 10.2. The minimum Gasteiger partial charge on any atom is -0.444 e. The molecule has 1 fully saturated rings. The van der Waals surface area contributed by atoms with Gasteiger partial charge in [-0.05, 0) is 30.9 Å². The molecule has 1 aliphatic carbocycles. The van der Waals surface area contributed by atoms with Gasteiger partial charge < -0.3 is 15.5 Å². The summed E-state index contributed by atoms with van der Waals surface area (Å²) in [5, 5.41) is 3.02. The minimum atomic E-state index is 0.0455. The van der Waals surface area contributed by atoms with E-state index in [1.807, 2.05) is 30.3 Å². The van der Waals surface area contributed by atoms with Crippen LogP contribution in [0.3, 0.4) is 0 Å². The summed E-state index contributed by atoms with van der Waals surface area (Å²) in [5.74, 6) is 2.31. The highest BCUT2D eigenvalue weighted by Crippen LogP contribution is 2.32. The SMILES string of the molecule is NCC(NC(=O)CSCc1coc(-c2ccccc2)n1)C1CC1. The largest absolute Gasteiger partial charge is 0.444 e. The van der Waals surface area contributed by atoms with Crippen molar-refractivity contribution in [2.24, 2.45) is 11.7 Å². The fourth-order valence-corrected chi connectivity index (χ4v) is 3.16. The van der Waals surface area contributed by atoms with Crippen molar-refractivity contribution in [2.45, 2.75) is 24.6 Å². The molecular formula is C17H21N3O2S. The van der Waals surface area contributed by atoms with E-state index in [2.05, 4.69) is 10.3 Å². The van der Waals surface area contributed by atoms with Crippen LogP contribution in [0.15, 0.2) is 41.0 Å². The van der Waals surface area contributed by atoms with Gasteiger partial charge >= 0.3 is 0 Å². The molecule has 23 heavy (non-hydrogen) atoms. The summed E-state index contributed by atoms with van der Waals surface area (Å²) < 4.78 is 5.49. The molecule has 1 aromatic heterocycles. The molecule has 0 radical (unpaired) electrons. The van der Waals surface area contributed by atoms with Crippen molar-refractivity contribution < 1.29 is 9.21 Å². The lowest BCUT2D eigenvalue weighted by Crippen LogP contribution is -2.42. The molecule has 1 aliphatic rings. The second-order valence-corrected chi connectivity index (χ2v) is 6.74. The molecule has 0 saturated heterocycles. The van der Waals surface area contributed by atoms with E-state index in [-0.39, 0.29) is 11.9 Å². The molecule has 1 saturated carbocycles. The van der Waals surface area contributed by atoms with E-state index in [4.69, 9.17) is 10.2 Å². The van der Waals surface area contributed by atoms with Gasteiger partial charge in [0.15, 0.2) is 0 Å². The van der Waals surface area contributed by atoms with Gasteiger partial charge in [-0.3, -0.25) is 4.79 Å². The highest BCUT2D eigenvalue weighted by Gasteiger charge is 2.31. The number of amides is 1. The highest BCUT2D eigenvalue weighted by atomic mass is 32.2. The molecule has 1 unspecified atom stereocenters. The first-order valence-corrected chi connectivity index (χ1v) is 8.98. The smallest absolute Gasteiger partial charge is 0.230 e. The summed E-state index contributed by atoms with van der Waals surface area (Å²) in [7, 11) is 0. The Morgan fingerprint density at radius 1 is 1.39 bits per heavy atom. The van der Waals surface area contributed by atoms with Crippen LogP contribution in [0.5, 0.6) is 0 Å². The zero-order valence-corrected chi connectivity index (χ0v) is 13.7. The molecule has 2 aromatic rings. The topological polar surface area (TPSA) is 81.1 Å². The summed E-state index contributed by atoms with van der Waals surface area (Å²) in [4.78, 5) is 16.4. The molecule has 6 heteroatoms. The van der Waals surface area contributed by atoms with Crippen LogP contribution >= 0.6 is 11.8 Å². The van der Waals surface area contributed by atoms with Gasteiger partial charge in [0.1, 0.15) is 6.26 Å². The lowest BCUT2D eigenvalue weighted by Gasteiger charge is -2.15. The van der Waals surface area contributed by atoms with Crippen LogP contribution in [-0.4, -0.2) is 29.2 Å². The maximum absolute atomic E-state index is 11.9. The number of carbonyl (C=O) groups excluding carboxylic acids is 1. The normalized spacial score (nSPS) is 15.3. The average Bonchev–Trinajstić information content (AvgIpc) is 3.32. The third-order valence-corrected chi connectivity index (χ3v) is 4.81. The third-order valence-electron chi connectivity index (χ3n) is 3.85. The number of carbonyl (C=O) groups is 1. The van der Waals surface area contributed by atoms with Gasteiger partial charge in [-0.2, -0.15) is 0 Å². The number of thioether (sulfide) groups is 1. The van der Waals surface area contributed by atoms with Crippen molar-refractivity contribution in [2.75, 3.05) is 12.3 Å². The van der Waals surface area contributed by atoms with Crippen molar-refractivity contribution >= 4 is 17.7 Å². The quantitative estimate of drug-likeness (QED) is 0.776. The van der Waals surface area contributed by atoms with Crippen molar-refractivity contribution in [1.82, 2.24) is 10.3 Å². The maximum Gasteiger partial charge on any atom is 0.230 e. The van der Waals surface area contributed by atoms with Gasteiger partial charge in [-0.15, -0.1) is 11.8 Å². The fraction of sp³-hybridized carbons (Fsp3) is 0.412. The summed E-state index contributed by atoms with van der Waals surface area (Å²) in [6.45, 7) is 0.519. The first-order chi connectivity index (χ1) is 11.3. The van der Waals surface area contributed by atoms with E-state index in [9.17, 15) is 4.79 Å². The van der Waals surface area contributed by atoms with Gasteiger partial charge in [0.25, 0.3) is 0 Å². The summed E-state index contributed by atoms with van der Waals surface area (Å²) in [5.41, 5.74) is 7.50. The first kappa shape index (κ1) is 16.1. The van der Waals surface area contributed by atoms with E-state index >= 15 is 0 Å². The number of nitrogens with zero attached hydrogens (tertiary/aromatic N) is 1. The van der Waals surface area contributed by atoms with Gasteiger partial charge in [0, 0.05) is 23.9 Å². The van der Waals surface area contributed by atoms with E-state index in [0.29, 0.717) is 29.9 Å². The van der Waals surface area contributed by atoms with E-state index in [0.717, 1.165) is 11.3 Å². The van der Waals surface area contributed by atoms with Gasteiger partial charge in [0.05, 0.1) is 11.4 Å². The van der Waals surface area contributed by atoms with Gasteiger partial charge in [0.2, 0.25) is 11.8 Å². The Bertz CT molecular complexity index is 640. The molecule has 3 rings (SSSR count). The number of nitrogens with two attached hydrogens (primary N) is 1. The Labute approximate surface area is 140 Å². The Balaban J connectivity index is 1.44. The molecule has 1 heterocycles. The molecular weight excluding hydrogens is 310 g/mol. The summed E-state index contributed by atoms with van der Waals surface area (Å²) in [6.07, 6.45) is 4.01. The number of rotatable bonds is 8. The van der Waals surface area contributed by atoms with Crippen molar-refractivity contribution in [3.05, 3.63) is 42.3 Å². The van der Waals surface area contributed by atoms with Crippen LogP contribution in [0.2, 0.25) is 0 Å². The molecule has 0 aliphatic heterocycles. The zero-order valence-electron chi connectivity index (χ0n) is 12.9. The molecule has 122 valence electrons. The summed E-state index contributed by atoms with van der Waals surface area (Å²) >= 11 is 1.53. The Morgan fingerprint density at radius 2 is 2.17 bits per heavy atom. The molecule has 5 nitrogen and oxygen atoms in total. The minimum absolute atomic E-state index is 0.0455. The first-order valence-electron chi connectivity index (χ1n) is 7.83. The molecule has 0 bridgehead atoms. The summed E-state index contributed by atoms with van der Waals surface area (Å²) in [6, 6.07) is 9.91. The number of benzene rings is 1. The molecule has 1 amide bonds. The Morgan fingerprint density at radius 3 is 2.87 bits per heavy atom. The van der Waals surface area contributed by atoms with Crippen molar-refractivity contribution in [1.29, 1.82) is 0 Å². The van der Waals surface area contributed by atoms with Crippen LogP contribution in [-0.2, 0) is 10.5 Å².